The molecule has 0 aromatic carbocycles. The third-order valence-corrected chi connectivity index (χ3v) is 5.45. The van der Waals surface area contributed by atoms with Crippen molar-refractivity contribution in [2.24, 2.45) is 22.7 Å². The number of carbonyl (C=O) groups is 2. The maximum absolute atomic E-state index is 12.6. The Hall–Kier alpha value is -1.12. The van der Waals surface area contributed by atoms with E-state index in [-0.39, 0.29) is 28.5 Å². The highest BCUT2D eigenvalue weighted by molar-refractivity contribution is 6.05. The van der Waals surface area contributed by atoms with Gasteiger partial charge in [0.25, 0.3) is 0 Å². The van der Waals surface area contributed by atoms with Crippen LogP contribution < -0.4 is 0 Å². The third-order valence-electron chi connectivity index (χ3n) is 5.45. The molecule has 0 spiro atoms. The Balaban J connectivity index is 2.28. The van der Waals surface area contributed by atoms with Crippen molar-refractivity contribution < 1.29 is 14.3 Å². The predicted molar refractivity (Wildman–Crippen MR) is 73.5 cm³/mol. The Morgan fingerprint density at radius 1 is 1.47 bits per heavy atom. The summed E-state index contributed by atoms with van der Waals surface area (Å²) in [4.78, 5) is 24.3. The maximum atomic E-state index is 12.6. The van der Waals surface area contributed by atoms with Gasteiger partial charge in [0, 0.05) is 5.41 Å². The topological polar surface area (TPSA) is 43.4 Å². The van der Waals surface area contributed by atoms with Gasteiger partial charge in [-0.25, -0.2) is 0 Å². The summed E-state index contributed by atoms with van der Waals surface area (Å²) in [7, 11) is 0. The van der Waals surface area contributed by atoms with E-state index in [2.05, 4.69) is 20.8 Å². The number of ether oxygens (including phenoxy) is 1. The molecule has 0 heterocycles. The van der Waals surface area contributed by atoms with Crippen LogP contribution in [0, 0.1) is 22.7 Å². The van der Waals surface area contributed by atoms with Gasteiger partial charge in [-0.05, 0) is 43.6 Å². The van der Waals surface area contributed by atoms with Crippen molar-refractivity contribution in [2.75, 3.05) is 6.61 Å². The number of esters is 1. The van der Waals surface area contributed by atoms with Crippen molar-refractivity contribution in [3.05, 3.63) is 11.6 Å². The summed E-state index contributed by atoms with van der Waals surface area (Å²) in [5.74, 6) is -0.0436. The molecule has 2 bridgehead atoms. The van der Waals surface area contributed by atoms with Gasteiger partial charge in [-0.2, -0.15) is 0 Å². The molecule has 106 valence electrons. The smallest absolute Gasteiger partial charge is 0.312 e. The van der Waals surface area contributed by atoms with Crippen molar-refractivity contribution in [3.63, 3.8) is 0 Å². The summed E-state index contributed by atoms with van der Waals surface area (Å²) < 4.78 is 5.01. The van der Waals surface area contributed by atoms with Gasteiger partial charge in [0.15, 0.2) is 5.78 Å². The second-order valence-electron chi connectivity index (χ2n) is 6.64. The van der Waals surface area contributed by atoms with E-state index in [1.54, 1.807) is 13.8 Å². The summed E-state index contributed by atoms with van der Waals surface area (Å²) in [5.41, 5.74) is 0.613. The van der Waals surface area contributed by atoms with Gasteiger partial charge in [-0.15, -0.1) is 0 Å². The van der Waals surface area contributed by atoms with Crippen LogP contribution in [0.4, 0.5) is 0 Å². The van der Waals surface area contributed by atoms with Crippen molar-refractivity contribution in [3.8, 4) is 0 Å². The first-order valence-corrected chi connectivity index (χ1v) is 7.19. The molecule has 0 amide bonds. The number of ketones is 1. The first-order valence-electron chi connectivity index (χ1n) is 7.19. The average Bonchev–Trinajstić information content (AvgIpc) is 2.64. The molecule has 2 rings (SSSR count). The Morgan fingerprint density at radius 2 is 2.11 bits per heavy atom. The fraction of sp³-hybridized carbons (Fsp3) is 0.750. The fourth-order valence-electron chi connectivity index (χ4n) is 3.73. The van der Waals surface area contributed by atoms with Crippen LogP contribution in [-0.4, -0.2) is 18.4 Å². The van der Waals surface area contributed by atoms with Gasteiger partial charge in [-0.1, -0.05) is 26.8 Å². The van der Waals surface area contributed by atoms with Crippen LogP contribution in [0.2, 0.25) is 0 Å². The monoisotopic (exact) mass is 264 g/mol. The van der Waals surface area contributed by atoms with Crippen molar-refractivity contribution in [1.82, 2.24) is 0 Å². The molecule has 19 heavy (non-hydrogen) atoms. The number of hydrogen-bond donors (Lipinski definition) is 0. The summed E-state index contributed by atoms with van der Waals surface area (Å²) in [6.07, 6.45) is 3.86. The van der Waals surface area contributed by atoms with Gasteiger partial charge in [-0.3, -0.25) is 9.59 Å². The van der Waals surface area contributed by atoms with Crippen molar-refractivity contribution in [1.29, 1.82) is 0 Å². The van der Waals surface area contributed by atoms with Gasteiger partial charge in [0.1, 0.15) is 0 Å². The second kappa shape index (κ2) is 4.46. The minimum absolute atomic E-state index is 0.00426. The number of rotatable bonds is 3. The Bertz CT molecular complexity index is 447. The summed E-state index contributed by atoms with van der Waals surface area (Å²) in [5, 5.41) is 0. The SMILES string of the molecule is CCOC(=O)[C@@H](C)/C=C1/C(=O)[C@@]2(C)CC[C@@H]1C2(C)C. The predicted octanol–water partition coefficient (Wildman–Crippen LogP) is 3.14. The highest BCUT2D eigenvalue weighted by Crippen LogP contribution is 2.65. The molecule has 2 aliphatic carbocycles. The molecular formula is C16H24O3. The lowest BCUT2D eigenvalue weighted by atomic mass is 9.70. The Morgan fingerprint density at radius 3 is 2.58 bits per heavy atom. The number of carbonyl (C=O) groups excluding carboxylic acids is 2. The van der Waals surface area contributed by atoms with Crippen LogP contribution in [0.25, 0.3) is 0 Å². The number of fused-ring (bicyclic) bond motifs is 2. The molecular weight excluding hydrogens is 240 g/mol. The highest BCUT2D eigenvalue weighted by atomic mass is 16.5. The van der Waals surface area contributed by atoms with Crippen LogP contribution in [0.3, 0.4) is 0 Å². The van der Waals surface area contributed by atoms with Crippen molar-refractivity contribution in [2.45, 2.75) is 47.5 Å². The minimum Gasteiger partial charge on any atom is -0.466 e. The van der Waals surface area contributed by atoms with Gasteiger partial charge in [0.2, 0.25) is 0 Å². The first-order chi connectivity index (χ1) is 8.75. The second-order valence-corrected chi connectivity index (χ2v) is 6.64. The molecule has 0 aliphatic heterocycles. The van der Waals surface area contributed by atoms with E-state index in [1.165, 1.54) is 0 Å². The molecule has 0 radical (unpaired) electrons. The molecule has 0 N–H and O–H groups in total. The largest absolute Gasteiger partial charge is 0.466 e. The number of Topliss-reactive ketones (excluding diaryl/α,β-unsaturated/α-hetero) is 1. The summed E-state index contributed by atoms with van der Waals surface area (Å²) in [6, 6.07) is 0. The number of hydrogen-bond acceptors (Lipinski definition) is 3. The van der Waals surface area contributed by atoms with E-state index in [0.29, 0.717) is 12.5 Å². The first kappa shape index (κ1) is 14.3. The van der Waals surface area contributed by atoms with Crippen LogP contribution in [0.15, 0.2) is 11.6 Å². The molecule has 2 saturated carbocycles. The molecule has 3 atom stereocenters. The molecule has 3 heteroatoms. The van der Waals surface area contributed by atoms with E-state index < -0.39 is 0 Å². The Labute approximate surface area is 115 Å². The molecule has 0 saturated heterocycles. The van der Waals surface area contributed by atoms with Crippen LogP contribution in [-0.2, 0) is 14.3 Å². The normalized spacial score (nSPS) is 35.7. The summed E-state index contributed by atoms with van der Waals surface area (Å²) >= 11 is 0. The maximum Gasteiger partial charge on any atom is 0.312 e. The lowest BCUT2D eigenvalue weighted by Gasteiger charge is -2.31. The zero-order valence-electron chi connectivity index (χ0n) is 12.6. The fourth-order valence-corrected chi connectivity index (χ4v) is 3.73. The molecule has 3 nitrogen and oxygen atoms in total. The van der Waals surface area contributed by atoms with Gasteiger partial charge in [0.05, 0.1) is 12.5 Å². The average molecular weight is 264 g/mol. The van der Waals surface area contributed by atoms with Gasteiger partial charge >= 0.3 is 5.97 Å². The molecule has 0 unspecified atom stereocenters. The Kier molecular flexibility index (Phi) is 3.36. The van der Waals surface area contributed by atoms with Crippen LogP contribution in [0.1, 0.15) is 47.5 Å². The zero-order valence-corrected chi connectivity index (χ0v) is 12.6. The van der Waals surface area contributed by atoms with E-state index in [9.17, 15) is 9.59 Å². The van der Waals surface area contributed by atoms with E-state index in [1.807, 2.05) is 6.08 Å². The lowest BCUT2D eigenvalue weighted by molar-refractivity contribution is -0.145. The molecule has 2 fully saturated rings. The van der Waals surface area contributed by atoms with E-state index in [0.717, 1.165) is 18.4 Å². The minimum atomic E-state index is -0.336. The molecule has 0 aromatic heterocycles. The number of allylic oxidation sites excluding steroid dienone is 1. The van der Waals surface area contributed by atoms with E-state index in [4.69, 9.17) is 4.74 Å². The highest BCUT2D eigenvalue weighted by Gasteiger charge is 2.63. The standard InChI is InChI=1S/C16H24O3/c1-6-19-14(18)10(2)9-11-12-7-8-16(5,13(11)17)15(12,3)4/h9-10,12H,6-8H2,1-5H3/b11-9+/t10-,12-,16+/m0/s1. The quantitative estimate of drug-likeness (QED) is 0.581. The zero-order chi connectivity index (χ0) is 14.4. The van der Waals surface area contributed by atoms with Crippen LogP contribution >= 0.6 is 0 Å². The van der Waals surface area contributed by atoms with Crippen molar-refractivity contribution >= 4 is 11.8 Å². The molecule has 2 aliphatic rings. The summed E-state index contributed by atoms with van der Waals surface area (Å²) in [6.45, 7) is 10.4. The van der Waals surface area contributed by atoms with Gasteiger partial charge < -0.3 is 4.74 Å². The molecule has 0 aromatic rings. The van der Waals surface area contributed by atoms with Crippen LogP contribution in [0.5, 0.6) is 0 Å². The lowest BCUT2D eigenvalue weighted by Crippen LogP contribution is -2.32. The van der Waals surface area contributed by atoms with E-state index >= 15 is 0 Å². The third kappa shape index (κ3) is 1.86.